The summed E-state index contributed by atoms with van der Waals surface area (Å²) in [7, 11) is 1.31. The molecule has 1 aliphatic heterocycles. The fraction of sp³-hybridized carbons (Fsp3) is 0.211. The minimum absolute atomic E-state index is 0.00559. The van der Waals surface area contributed by atoms with Gasteiger partial charge in [-0.15, -0.1) is 0 Å². The van der Waals surface area contributed by atoms with Crippen LogP contribution in [0.25, 0.3) is 6.08 Å². The van der Waals surface area contributed by atoms with Crippen LogP contribution in [0.1, 0.15) is 11.1 Å². The largest absolute Gasteiger partial charge is 0.467 e. The smallest absolute Gasteiger partial charge is 0.340 e. The number of hydrogen-bond acceptors (Lipinski definition) is 6. The van der Waals surface area contributed by atoms with Gasteiger partial charge in [0.05, 0.1) is 18.6 Å². The third-order valence-corrected chi connectivity index (χ3v) is 4.28. The van der Waals surface area contributed by atoms with E-state index >= 15 is 0 Å². The number of carbonyl (C=O) groups is 1. The van der Waals surface area contributed by atoms with Gasteiger partial charge in [-0.2, -0.15) is 10.2 Å². The maximum absolute atomic E-state index is 12.6. The Morgan fingerprint density at radius 3 is 2.54 bits per heavy atom. The third-order valence-electron chi connectivity index (χ3n) is 4.28. The molecule has 2 aromatic rings. The molecule has 0 spiro atoms. The van der Waals surface area contributed by atoms with E-state index in [-0.39, 0.29) is 12.1 Å². The predicted molar refractivity (Wildman–Crippen MR) is 95.7 cm³/mol. The second-order valence-corrected chi connectivity index (χ2v) is 5.93. The van der Waals surface area contributed by atoms with E-state index in [0.717, 1.165) is 16.7 Å². The third kappa shape index (κ3) is 3.37. The van der Waals surface area contributed by atoms with Crippen molar-refractivity contribution in [1.29, 1.82) is 0 Å². The minimum Gasteiger partial charge on any atom is -0.467 e. The Morgan fingerprint density at radius 1 is 1.23 bits per heavy atom. The van der Waals surface area contributed by atoms with E-state index in [1.165, 1.54) is 19.2 Å². The van der Waals surface area contributed by atoms with Crippen molar-refractivity contribution in [2.75, 3.05) is 13.7 Å². The number of nitrogens with zero attached hydrogens (tertiary/aromatic N) is 3. The zero-order chi connectivity index (χ0) is 18.6. The monoisotopic (exact) mass is 351 g/mol. The molecule has 0 aromatic heterocycles. The van der Waals surface area contributed by atoms with Crippen LogP contribution < -0.4 is 0 Å². The van der Waals surface area contributed by atoms with Crippen molar-refractivity contribution < 1.29 is 14.5 Å². The molecule has 26 heavy (non-hydrogen) atoms. The first-order valence-electron chi connectivity index (χ1n) is 8.02. The second-order valence-electron chi connectivity index (χ2n) is 5.93. The number of carbonyl (C=O) groups excluding carboxylic acids is 1. The fourth-order valence-electron chi connectivity index (χ4n) is 2.94. The Morgan fingerprint density at radius 2 is 1.92 bits per heavy atom. The summed E-state index contributed by atoms with van der Waals surface area (Å²) in [4.78, 5) is 22.9. The van der Waals surface area contributed by atoms with Gasteiger partial charge in [-0.3, -0.25) is 10.1 Å². The molecule has 0 amide bonds. The van der Waals surface area contributed by atoms with E-state index in [4.69, 9.17) is 4.74 Å². The highest BCUT2D eigenvalue weighted by atomic mass is 16.6. The molecule has 7 heteroatoms. The topological polar surface area (TPSA) is 94.2 Å². The van der Waals surface area contributed by atoms with Crippen LogP contribution in [0.3, 0.4) is 0 Å². The number of benzene rings is 2. The molecule has 0 saturated heterocycles. The second kappa shape index (κ2) is 7.26. The number of nitro groups is 1. The van der Waals surface area contributed by atoms with Crippen LogP contribution in [-0.4, -0.2) is 30.1 Å². The quantitative estimate of drug-likeness (QED) is 0.467. The van der Waals surface area contributed by atoms with E-state index in [0.29, 0.717) is 6.54 Å². The molecule has 132 valence electrons. The van der Waals surface area contributed by atoms with Crippen molar-refractivity contribution >= 4 is 17.7 Å². The average molecular weight is 351 g/mol. The van der Waals surface area contributed by atoms with Gasteiger partial charge in [0.25, 0.3) is 5.69 Å². The van der Waals surface area contributed by atoms with Gasteiger partial charge in [-0.25, -0.2) is 4.79 Å². The summed E-state index contributed by atoms with van der Waals surface area (Å²) in [6, 6.07) is 15.7. The Balaban J connectivity index is 1.98. The standard InChI is InChI=1S/C19H17N3O4/c1-26-18(23)19(12-15-7-9-17(10-8-15)22(24)25)16(13-20-21-19)11-14-5-3-2-4-6-14/h2-11H,12-13H2,1H3/b16-11-. The van der Waals surface area contributed by atoms with Gasteiger partial charge in [-0.05, 0) is 16.7 Å². The first-order valence-corrected chi connectivity index (χ1v) is 8.02. The zero-order valence-corrected chi connectivity index (χ0v) is 14.2. The molecule has 1 heterocycles. The number of non-ortho nitro benzene ring substituents is 1. The summed E-state index contributed by atoms with van der Waals surface area (Å²) in [6.07, 6.45) is 2.11. The molecule has 0 saturated carbocycles. The maximum atomic E-state index is 12.6. The SMILES string of the molecule is COC(=O)C1(Cc2ccc([N+](=O)[O-])cc2)N=NC/C1=C/c1ccccc1. The van der Waals surface area contributed by atoms with E-state index in [1.807, 2.05) is 36.4 Å². The van der Waals surface area contributed by atoms with Crippen molar-refractivity contribution in [3.8, 4) is 0 Å². The number of ether oxygens (including phenoxy) is 1. The molecule has 3 rings (SSSR count). The van der Waals surface area contributed by atoms with Crippen molar-refractivity contribution in [3.63, 3.8) is 0 Å². The lowest BCUT2D eigenvalue weighted by molar-refractivity contribution is -0.384. The van der Waals surface area contributed by atoms with Gasteiger partial charge in [0.1, 0.15) is 0 Å². The average Bonchev–Trinajstić information content (AvgIpc) is 3.05. The van der Waals surface area contributed by atoms with Crippen LogP contribution in [0.4, 0.5) is 5.69 Å². The summed E-state index contributed by atoms with van der Waals surface area (Å²) < 4.78 is 5.00. The van der Waals surface area contributed by atoms with Crippen LogP contribution in [-0.2, 0) is 16.0 Å². The molecule has 0 N–H and O–H groups in total. The van der Waals surface area contributed by atoms with Crippen LogP contribution in [0.5, 0.6) is 0 Å². The van der Waals surface area contributed by atoms with Gasteiger partial charge in [0.2, 0.25) is 5.54 Å². The molecular weight excluding hydrogens is 334 g/mol. The zero-order valence-electron chi connectivity index (χ0n) is 14.2. The molecular formula is C19H17N3O4. The maximum Gasteiger partial charge on any atom is 0.340 e. The number of esters is 1. The van der Waals surface area contributed by atoms with Gasteiger partial charge in [-0.1, -0.05) is 48.5 Å². The highest BCUT2D eigenvalue weighted by Gasteiger charge is 2.46. The number of hydrogen-bond donors (Lipinski definition) is 0. The molecule has 1 atom stereocenters. The summed E-state index contributed by atoms with van der Waals surface area (Å²) in [5, 5.41) is 19.1. The van der Waals surface area contributed by atoms with Crippen LogP contribution in [0.15, 0.2) is 70.4 Å². The van der Waals surface area contributed by atoms with Crippen LogP contribution >= 0.6 is 0 Å². The molecule has 1 aliphatic rings. The van der Waals surface area contributed by atoms with Crippen LogP contribution in [0.2, 0.25) is 0 Å². The fourth-order valence-corrected chi connectivity index (χ4v) is 2.94. The first-order chi connectivity index (χ1) is 12.5. The molecule has 0 aliphatic carbocycles. The van der Waals surface area contributed by atoms with Gasteiger partial charge < -0.3 is 4.74 Å². The molecule has 0 bridgehead atoms. The Labute approximate surface area is 150 Å². The summed E-state index contributed by atoms with van der Waals surface area (Å²) in [6.45, 7) is 0.303. The van der Waals surface area contributed by atoms with Crippen molar-refractivity contribution in [1.82, 2.24) is 0 Å². The molecule has 7 nitrogen and oxygen atoms in total. The molecule has 0 radical (unpaired) electrons. The Hall–Kier alpha value is -3.35. The lowest BCUT2D eigenvalue weighted by Gasteiger charge is -2.24. The summed E-state index contributed by atoms with van der Waals surface area (Å²) in [5.41, 5.74) is 1.15. The number of nitro benzene ring substituents is 1. The highest BCUT2D eigenvalue weighted by molar-refractivity contribution is 5.88. The number of azo groups is 1. The Bertz CT molecular complexity index is 875. The molecule has 2 aromatic carbocycles. The lowest BCUT2D eigenvalue weighted by Crippen LogP contribution is -2.40. The highest BCUT2D eigenvalue weighted by Crippen LogP contribution is 2.35. The van der Waals surface area contributed by atoms with Gasteiger partial charge in [0, 0.05) is 18.6 Å². The molecule has 1 unspecified atom stereocenters. The number of methoxy groups -OCH3 is 1. The van der Waals surface area contributed by atoms with E-state index in [1.54, 1.807) is 12.1 Å². The summed E-state index contributed by atoms with van der Waals surface area (Å²) >= 11 is 0. The van der Waals surface area contributed by atoms with E-state index < -0.39 is 16.4 Å². The minimum atomic E-state index is -1.25. The van der Waals surface area contributed by atoms with Gasteiger partial charge in [0.15, 0.2) is 0 Å². The Kier molecular flexibility index (Phi) is 4.88. The summed E-state index contributed by atoms with van der Waals surface area (Å²) in [5.74, 6) is -0.501. The van der Waals surface area contributed by atoms with Gasteiger partial charge >= 0.3 is 5.97 Å². The predicted octanol–water partition coefficient (Wildman–Crippen LogP) is 3.60. The van der Waals surface area contributed by atoms with Crippen molar-refractivity contribution in [2.45, 2.75) is 12.0 Å². The molecule has 0 fully saturated rings. The lowest BCUT2D eigenvalue weighted by atomic mass is 9.84. The normalized spacial score (nSPS) is 20.3. The van der Waals surface area contributed by atoms with E-state index in [9.17, 15) is 14.9 Å². The van der Waals surface area contributed by atoms with Crippen molar-refractivity contribution in [2.24, 2.45) is 10.2 Å². The van der Waals surface area contributed by atoms with Crippen molar-refractivity contribution in [3.05, 3.63) is 81.4 Å². The van der Waals surface area contributed by atoms with Crippen LogP contribution in [0, 0.1) is 10.1 Å². The number of rotatable bonds is 5. The van der Waals surface area contributed by atoms with E-state index in [2.05, 4.69) is 10.2 Å². The first kappa shape index (κ1) is 17.5.